The summed E-state index contributed by atoms with van der Waals surface area (Å²) in [5.74, 6) is 2.34. The van der Waals surface area contributed by atoms with Gasteiger partial charge in [-0.15, -0.1) is 10.2 Å². The third kappa shape index (κ3) is 4.52. The normalized spacial score (nSPS) is 14.2. The number of aryl methyl sites for hydroxylation is 1. The van der Waals surface area contributed by atoms with Crippen LogP contribution in [0.1, 0.15) is 11.1 Å². The lowest BCUT2D eigenvalue weighted by atomic mass is 10.2. The fourth-order valence-electron chi connectivity index (χ4n) is 3.25. The molecule has 3 aromatic rings. The molecular weight excluding hydrogens is 408 g/mol. The van der Waals surface area contributed by atoms with Crippen molar-refractivity contribution < 1.29 is 9.47 Å². The van der Waals surface area contributed by atoms with Crippen LogP contribution in [-0.2, 0) is 10.5 Å². The standard InChI is InChI=1S/C21H23ClN4O2S/c1-15-3-6-18(7-4-15)26-20(25-9-11-28-12-10-25)23-24-21(26)29-14-16-13-17(22)5-8-19(16)27-2/h3-8,13H,9-12,14H2,1-2H3. The summed E-state index contributed by atoms with van der Waals surface area (Å²) >= 11 is 7.80. The van der Waals surface area contributed by atoms with Gasteiger partial charge in [0.1, 0.15) is 5.75 Å². The molecule has 0 amide bonds. The highest BCUT2D eigenvalue weighted by Crippen LogP contribution is 2.32. The van der Waals surface area contributed by atoms with E-state index < -0.39 is 0 Å². The van der Waals surface area contributed by atoms with Crippen molar-refractivity contribution in [2.24, 2.45) is 0 Å². The van der Waals surface area contributed by atoms with Gasteiger partial charge in [-0.1, -0.05) is 41.1 Å². The van der Waals surface area contributed by atoms with Crippen LogP contribution in [0.2, 0.25) is 5.02 Å². The van der Waals surface area contributed by atoms with E-state index in [1.165, 1.54) is 5.56 Å². The third-order valence-corrected chi connectivity index (χ3v) is 6.01. The predicted octanol–water partition coefficient (Wildman–Crippen LogP) is 4.37. The van der Waals surface area contributed by atoms with Gasteiger partial charge >= 0.3 is 0 Å². The van der Waals surface area contributed by atoms with Gasteiger partial charge in [-0.2, -0.15) is 0 Å². The highest BCUT2D eigenvalue weighted by atomic mass is 35.5. The molecule has 1 saturated heterocycles. The van der Waals surface area contributed by atoms with E-state index in [-0.39, 0.29) is 0 Å². The quantitative estimate of drug-likeness (QED) is 0.541. The van der Waals surface area contributed by atoms with Crippen molar-refractivity contribution in [3.63, 3.8) is 0 Å². The molecule has 1 aliphatic rings. The summed E-state index contributed by atoms with van der Waals surface area (Å²) in [5, 5.41) is 10.5. The molecule has 0 N–H and O–H groups in total. The maximum atomic E-state index is 6.19. The second-order valence-corrected chi connectivity index (χ2v) is 8.18. The van der Waals surface area contributed by atoms with E-state index in [4.69, 9.17) is 21.1 Å². The van der Waals surface area contributed by atoms with Crippen LogP contribution in [0.5, 0.6) is 5.75 Å². The molecule has 2 heterocycles. The number of thioether (sulfide) groups is 1. The summed E-state index contributed by atoms with van der Waals surface area (Å²) in [6, 6.07) is 14.1. The first-order chi connectivity index (χ1) is 14.2. The van der Waals surface area contributed by atoms with Gasteiger partial charge in [-0.3, -0.25) is 4.57 Å². The zero-order valence-electron chi connectivity index (χ0n) is 16.5. The number of anilines is 1. The fourth-order valence-corrected chi connectivity index (χ4v) is 4.37. The van der Waals surface area contributed by atoms with Gasteiger partial charge < -0.3 is 14.4 Å². The van der Waals surface area contributed by atoms with E-state index >= 15 is 0 Å². The molecule has 29 heavy (non-hydrogen) atoms. The van der Waals surface area contributed by atoms with Gasteiger partial charge in [-0.25, -0.2) is 0 Å². The monoisotopic (exact) mass is 430 g/mol. The van der Waals surface area contributed by atoms with Crippen molar-refractivity contribution in [2.45, 2.75) is 17.8 Å². The first-order valence-electron chi connectivity index (χ1n) is 9.46. The van der Waals surface area contributed by atoms with E-state index in [9.17, 15) is 0 Å². The largest absolute Gasteiger partial charge is 0.496 e. The summed E-state index contributed by atoms with van der Waals surface area (Å²) in [7, 11) is 1.67. The molecule has 0 aliphatic carbocycles. The SMILES string of the molecule is COc1ccc(Cl)cc1CSc1nnc(N2CCOCC2)n1-c1ccc(C)cc1. The number of halogens is 1. The number of methoxy groups -OCH3 is 1. The van der Waals surface area contributed by atoms with Gasteiger partial charge in [0.15, 0.2) is 5.16 Å². The second kappa shape index (κ2) is 9.07. The lowest BCUT2D eigenvalue weighted by Gasteiger charge is -2.28. The van der Waals surface area contributed by atoms with E-state index in [2.05, 4.69) is 50.9 Å². The Balaban J connectivity index is 1.67. The first-order valence-corrected chi connectivity index (χ1v) is 10.8. The summed E-state index contributed by atoms with van der Waals surface area (Å²) in [6.45, 7) is 5.08. The molecule has 2 aromatic carbocycles. The van der Waals surface area contributed by atoms with Crippen LogP contribution in [0.15, 0.2) is 47.6 Å². The maximum absolute atomic E-state index is 6.19. The summed E-state index contributed by atoms with van der Waals surface area (Å²) in [5.41, 5.74) is 3.28. The molecule has 1 aromatic heterocycles. The van der Waals surface area contributed by atoms with Crippen LogP contribution in [0, 0.1) is 6.92 Å². The third-order valence-electron chi connectivity index (χ3n) is 4.80. The predicted molar refractivity (Wildman–Crippen MR) is 117 cm³/mol. The first kappa shape index (κ1) is 20.1. The van der Waals surface area contributed by atoms with E-state index in [0.717, 1.165) is 41.2 Å². The van der Waals surface area contributed by atoms with Crippen LogP contribution < -0.4 is 9.64 Å². The molecule has 0 spiro atoms. The van der Waals surface area contributed by atoms with E-state index in [0.29, 0.717) is 24.0 Å². The van der Waals surface area contributed by atoms with Crippen LogP contribution in [0.3, 0.4) is 0 Å². The summed E-state index contributed by atoms with van der Waals surface area (Å²) in [4.78, 5) is 2.22. The Morgan fingerprint density at radius 2 is 1.86 bits per heavy atom. The maximum Gasteiger partial charge on any atom is 0.232 e. The average molecular weight is 431 g/mol. The minimum Gasteiger partial charge on any atom is -0.496 e. The molecule has 1 fully saturated rings. The van der Waals surface area contributed by atoms with Gasteiger partial charge in [-0.05, 0) is 37.3 Å². The number of benzene rings is 2. The van der Waals surface area contributed by atoms with Crippen molar-refractivity contribution in [3.05, 3.63) is 58.6 Å². The van der Waals surface area contributed by atoms with Crippen molar-refractivity contribution in [2.75, 3.05) is 38.3 Å². The molecule has 0 saturated carbocycles. The number of ether oxygens (including phenoxy) is 2. The fraction of sp³-hybridized carbons (Fsp3) is 0.333. The Morgan fingerprint density at radius 3 is 2.59 bits per heavy atom. The summed E-state index contributed by atoms with van der Waals surface area (Å²) in [6.07, 6.45) is 0. The minimum absolute atomic E-state index is 0.677. The molecule has 0 radical (unpaired) electrons. The number of aromatic nitrogens is 3. The van der Waals surface area contributed by atoms with Gasteiger partial charge in [0.2, 0.25) is 5.95 Å². The van der Waals surface area contributed by atoms with Crippen molar-refractivity contribution in [1.29, 1.82) is 0 Å². The van der Waals surface area contributed by atoms with Crippen LogP contribution >= 0.6 is 23.4 Å². The molecule has 0 unspecified atom stereocenters. The summed E-state index contributed by atoms with van der Waals surface area (Å²) < 4.78 is 13.1. The molecule has 6 nitrogen and oxygen atoms in total. The smallest absolute Gasteiger partial charge is 0.232 e. The number of morpholine rings is 1. The van der Waals surface area contributed by atoms with Crippen LogP contribution in [0.4, 0.5) is 5.95 Å². The van der Waals surface area contributed by atoms with Gasteiger partial charge in [0, 0.05) is 29.4 Å². The molecule has 0 bridgehead atoms. The Labute approximate surface area is 179 Å². The molecular formula is C21H23ClN4O2S. The molecule has 1 aliphatic heterocycles. The molecule has 0 atom stereocenters. The number of rotatable bonds is 6. The topological polar surface area (TPSA) is 52.4 Å². The second-order valence-electron chi connectivity index (χ2n) is 6.80. The number of hydrogen-bond donors (Lipinski definition) is 0. The zero-order chi connectivity index (χ0) is 20.2. The van der Waals surface area contributed by atoms with Crippen molar-refractivity contribution in [1.82, 2.24) is 14.8 Å². The van der Waals surface area contributed by atoms with Crippen LogP contribution in [0.25, 0.3) is 5.69 Å². The Kier molecular flexibility index (Phi) is 6.28. The number of hydrogen-bond acceptors (Lipinski definition) is 6. The lowest BCUT2D eigenvalue weighted by molar-refractivity contribution is 0.122. The highest BCUT2D eigenvalue weighted by Gasteiger charge is 2.22. The molecule has 8 heteroatoms. The Bertz CT molecular complexity index is 971. The average Bonchev–Trinajstić information content (AvgIpc) is 3.17. The Morgan fingerprint density at radius 1 is 1.10 bits per heavy atom. The van der Waals surface area contributed by atoms with Gasteiger partial charge in [0.05, 0.1) is 26.0 Å². The van der Waals surface area contributed by atoms with Crippen LogP contribution in [-0.4, -0.2) is 48.2 Å². The van der Waals surface area contributed by atoms with E-state index in [1.807, 2.05) is 18.2 Å². The van der Waals surface area contributed by atoms with Gasteiger partial charge in [0.25, 0.3) is 0 Å². The van der Waals surface area contributed by atoms with E-state index in [1.54, 1.807) is 18.9 Å². The highest BCUT2D eigenvalue weighted by molar-refractivity contribution is 7.98. The molecule has 4 rings (SSSR count). The number of nitrogens with zero attached hydrogens (tertiary/aromatic N) is 4. The minimum atomic E-state index is 0.677. The molecule has 152 valence electrons. The van der Waals surface area contributed by atoms with Crippen molar-refractivity contribution >= 4 is 29.3 Å². The Hall–Kier alpha value is -2.22. The zero-order valence-corrected chi connectivity index (χ0v) is 18.0. The lowest BCUT2D eigenvalue weighted by Crippen LogP contribution is -2.37. The van der Waals surface area contributed by atoms with Crippen molar-refractivity contribution in [3.8, 4) is 11.4 Å².